The Morgan fingerprint density at radius 3 is 2.50 bits per heavy atom. The van der Waals surface area contributed by atoms with Crippen LogP contribution in [-0.4, -0.2) is 31.1 Å². The van der Waals surface area contributed by atoms with Crippen molar-refractivity contribution in [2.75, 3.05) is 31.5 Å². The Hall–Kier alpha value is -1.30. The fourth-order valence-corrected chi connectivity index (χ4v) is 2.39. The first-order chi connectivity index (χ1) is 9.47. The first-order valence-electron chi connectivity index (χ1n) is 6.80. The standard InChI is InChI=1S/C14H18F4N2/c15-13-5-4-11(10-12(13)14(16,17)18)19-6-3-9-20-7-1-2-8-20/h4-5,10,19H,1-3,6-9H2. The molecule has 20 heavy (non-hydrogen) atoms. The number of alkyl halides is 3. The van der Waals surface area contributed by atoms with Crippen LogP contribution >= 0.6 is 0 Å². The predicted octanol–water partition coefficient (Wildman–Crippen LogP) is 3.74. The van der Waals surface area contributed by atoms with Crippen LogP contribution in [0.5, 0.6) is 0 Å². The van der Waals surface area contributed by atoms with Crippen molar-refractivity contribution in [3.63, 3.8) is 0 Å². The van der Waals surface area contributed by atoms with Crippen molar-refractivity contribution in [3.8, 4) is 0 Å². The molecule has 0 radical (unpaired) electrons. The summed E-state index contributed by atoms with van der Waals surface area (Å²) in [5.74, 6) is -1.24. The average molecular weight is 290 g/mol. The molecule has 0 atom stereocenters. The maximum absolute atomic E-state index is 13.1. The molecule has 6 heteroatoms. The molecule has 1 heterocycles. The van der Waals surface area contributed by atoms with Crippen LogP contribution in [0.3, 0.4) is 0 Å². The lowest BCUT2D eigenvalue weighted by molar-refractivity contribution is -0.139. The molecule has 0 amide bonds. The van der Waals surface area contributed by atoms with Crippen LogP contribution in [0.1, 0.15) is 24.8 Å². The fraction of sp³-hybridized carbons (Fsp3) is 0.571. The van der Waals surface area contributed by atoms with Gasteiger partial charge in [-0.15, -0.1) is 0 Å². The SMILES string of the molecule is Fc1ccc(NCCCN2CCCC2)cc1C(F)(F)F. The highest BCUT2D eigenvalue weighted by Crippen LogP contribution is 2.32. The number of rotatable bonds is 5. The summed E-state index contributed by atoms with van der Waals surface area (Å²) >= 11 is 0. The third-order valence-electron chi connectivity index (χ3n) is 3.45. The van der Waals surface area contributed by atoms with Crippen molar-refractivity contribution in [1.29, 1.82) is 0 Å². The lowest BCUT2D eigenvalue weighted by Gasteiger charge is -2.15. The van der Waals surface area contributed by atoms with Crippen molar-refractivity contribution < 1.29 is 17.6 Å². The van der Waals surface area contributed by atoms with Gasteiger partial charge in [0, 0.05) is 12.2 Å². The van der Waals surface area contributed by atoms with Crippen LogP contribution in [0.15, 0.2) is 18.2 Å². The topological polar surface area (TPSA) is 15.3 Å². The molecule has 1 aromatic carbocycles. The van der Waals surface area contributed by atoms with Crippen LogP contribution in [0.4, 0.5) is 23.2 Å². The molecular weight excluding hydrogens is 272 g/mol. The van der Waals surface area contributed by atoms with Gasteiger partial charge in [-0.2, -0.15) is 13.2 Å². The number of likely N-dealkylation sites (tertiary alicyclic amines) is 1. The highest BCUT2D eigenvalue weighted by Gasteiger charge is 2.34. The molecule has 0 aromatic heterocycles. The van der Waals surface area contributed by atoms with E-state index in [1.54, 1.807) is 0 Å². The second kappa shape index (κ2) is 6.43. The molecule has 0 spiro atoms. The quantitative estimate of drug-likeness (QED) is 0.656. The van der Waals surface area contributed by atoms with E-state index in [-0.39, 0.29) is 0 Å². The molecule has 0 bridgehead atoms. The minimum Gasteiger partial charge on any atom is -0.385 e. The molecule has 1 fully saturated rings. The lowest BCUT2D eigenvalue weighted by atomic mass is 10.2. The summed E-state index contributed by atoms with van der Waals surface area (Å²) in [6, 6.07) is 3.01. The summed E-state index contributed by atoms with van der Waals surface area (Å²) in [5.41, 5.74) is -0.915. The average Bonchev–Trinajstić information content (AvgIpc) is 2.88. The molecule has 1 N–H and O–H groups in total. The van der Waals surface area contributed by atoms with Gasteiger partial charge in [0.15, 0.2) is 0 Å². The highest BCUT2D eigenvalue weighted by molar-refractivity contribution is 5.47. The van der Waals surface area contributed by atoms with Gasteiger partial charge >= 0.3 is 6.18 Å². The largest absolute Gasteiger partial charge is 0.419 e. The Balaban J connectivity index is 1.83. The third-order valence-corrected chi connectivity index (χ3v) is 3.45. The number of nitrogens with one attached hydrogen (secondary N) is 1. The second-order valence-corrected chi connectivity index (χ2v) is 5.02. The summed E-state index contributed by atoms with van der Waals surface area (Å²) < 4.78 is 50.7. The number of benzene rings is 1. The van der Waals surface area contributed by atoms with Crippen LogP contribution < -0.4 is 5.32 Å². The molecule has 1 aliphatic heterocycles. The Kier molecular flexibility index (Phi) is 4.86. The lowest BCUT2D eigenvalue weighted by Crippen LogP contribution is -2.22. The summed E-state index contributed by atoms with van der Waals surface area (Å²) in [7, 11) is 0. The number of hydrogen-bond acceptors (Lipinski definition) is 2. The van der Waals surface area contributed by atoms with Gasteiger partial charge in [-0.25, -0.2) is 4.39 Å². The number of hydrogen-bond donors (Lipinski definition) is 1. The van der Waals surface area contributed by atoms with Crippen molar-refractivity contribution in [2.24, 2.45) is 0 Å². The third kappa shape index (κ3) is 4.10. The zero-order valence-corrected chi connectivity index (χ0v) is 11.1. The minimum atomic E-state index is -4.66. The summed E-state index contributed by atoms with van der Waals surface area (Å²) in [5, 5.41) is 2.91. The zero-order chi connectivity index (χ0) is 14.6. The van der Waals surface area contributed by atoms with E-state index in [1.807, 2.05) is 0 Å². The molecule has 1 aliphatic rings. The first-order valence-corrected chi connectivity index (χ1v) is 6.80. The van der Waals surface area contributed by atoms with E-state index < -0.39 is 17.6 Å². The Morgan fingerprint density at radius 1 is 1.15 bits per heavy atom. The second-order valence-electron chi connectivity index (χ2n) is 5.02. The smallest absolute Gasteiger partial charge is 0.385 e. The Morgan fingerprint density at radius 2 is 1.85 bits per heavy atom. The van der Waals surface area contributed by atoms with E-state index in [9.17, 15) is 17.6 Å². The van der Waals surface area contributed by atoms with Gasteiger partial charge in [-0.05, 0) is 57.1 Å². The van der Waals surface area contributed by atoms with E-state index >= 15 is 0 Å². The maximum atomic E-state index is 13.1. The molecule has 112 valence electrons. The monoisotopic (exact) mass is 290 g/mol. The van der Waals surface area contributed by atoms with E-state index in [0.29, 0.717) is 12.2 Å². The zero-order valence-electron chi connectivity index (χ0n) is 11.1. The summed E-state index contributed by atoms with van der Waals surface area (Å²) in [4.78, 5) is 2.34. The van der Waals surface area contributed by atoms with Crippen molar-refractivity contribution in [2.45, 2.75) is 25.4 Å². The number of nitrogens with zero attached hydrogens (tertiary/aromatic N) is 1. The molecule has 2 rings (SSSR count). The molecule has 0 unspecified atom stereocenters. The van der Waals surface area contributed by atoms with Crippen LogP contribution in [0, 0.1) is 5.82 Å². The van der Waals surface area contributed by atoms with Gasteiger partial charge in [-0.3, -0.25) is 0 Å². The maximum Gasteiger partial charge on any atom is 0.419 e. The van der Waals surface area contributed by atoms with Gasteiger partial charge < -0.3 is 10.2 Å². The molecule has 1 aromatic rings. The first kappa shape index (κ1) is 15.1. The van der Waals surface area contributed by atoms with Gasteiger partial charge in [0.2, 0.25) is 0 Å². The van der Waals surface area contributed by atoms with Gasteiger partial charge in [0.1, 0.15) is 5.82 Å². The van der Waals surface area contributed by atoms with E-state index in [4.69, 9.17) is 0 Å². The molecular formula is C14H18F4N2. The normalized spacial score (nSPS) is 16.6. The van der Waals surface area contributed by atoms with E-state index in [1.165, 1.54) is 18.9 Å². The highest BCUT2D eigenvalue weighted by atomic mass is 19.4. The van der Waals surface area contributed by atoms with Crippen LogP contribution in [0.25, 0.3) is 0 Å². The van der Waals surface area contributed by atoms with Crippen molar-refractivity contribution in [1.82, 2.24) is 4.90 Å². The van der Waals surface area contributed by atoms with E-state index in [0.717, 1.165) is 38.2 Å². The molecule has 0 saturated carbocycles. The number of anilines is 1. The molecule has 1 saturated heterocycles. The fourth-order valence-electron chi connectivity index (χ4n) is 2.39. The minimum absolute atomic E-state index is 0.306. The van der Waals surface area contributed by atoms with Gasteiger partial charge in [0.05, 0.1) is 5.56 Å². The van der Waals surface area contributed by atoms with Crippen molar-refractivity contribution >= 4 is 5.69 Å². The van der Waals surface area contributed by atoms with Gasteiger partial charge in [0.25, 0.3) is 0 Å². The summed E-state index contributed by atoms with van der Waals surface area (Å²) in [6.45, 7) is 3.74. The molecule has 0 aliphatic carbocycles. The van der Waals surface area contributed by atoms with Crippen molar-refractivity contribution in [3.05, 3.63) is 29.6 Å². The Labute approximate surface area is 115 Å². The molecule has 2 nitrogen and oxygen atoms in total. The van der Waals surface area contributed by atoms with Crippen LogP contribution in [-0.2, 0) is 6.18 Å². The summed E-state index contributed by atoms with van der Waals surface area (Å²) in [6.07, 6.45) is -1.35. The number of halogens is 4. The van der Waals surface area contributed by atoms with E-state index in [2.05, 4.69) is 10.2 Å². The Bertz CT molecular complexity index is 439. The predicted molar refractivity (Wildman–Crippen MR) is 70.2 cm³/mol. The van der Waals surface area contributed by atoms with Gasteiger partial charge in [-0.1, -0.05) is 0 Å². The van der Waals surface area contributed by atoms with Crippen LogP contribution in [0.2, 0.25) is 0 Å².